The monoisotopic (exact) mass is 217 g/mol. The number of imide groups is 1. The van der Waals surface area contributed by atoms with Crippen molar-refractivity contribution in [3.8, 4) is 0 Å². The van der Waals surface area contributed by atoms with E-state index in [0.29, 0.717) is 18.8 Å². The predicted octanol–water partition coefficient (Wildman–Crippen LogP) is 0.0848. The van der Waals surface area contributed by atoms with Gasteiger partial charge in [0, 0.05) is 13.1 Å². The largest absolute Gasteiger partial charge is 0.329 e. The summed E-state index contributed by atoms with van der Waals surface area (Å²) in [4.78, 5) is 25.1. The molecule has 2 aliphatic heterocycles. The average Bonchev–Trinajstić information content (AvgIpc) is 2.51. The highest BCUT2D eigenvalue weighted by atomic mass is 16.2. The van der Waals surface area contributed by atoms with Gasteiger partial charge in [-0.2, -0.15) is 0 Å². The van der Waals surface area contributed by atoms with E-state index in [0.717, 1.165) is 0 Å². The number of anilines is 1. The van der Waals surface area contributed by atoms with Crippen molar-refractivity contribution in [1.82, 2.24) is 10.6 Å². The zero-order valence-electron chi connectivity index (χ0n) is 8.56. The summed E-state index contributed by atoms with van der Waals surface area (Å²) in [5.74, 6) is -0.164. The zero-order valence-corrected chi connectivity index (χ0v) is 8.56. The van der Waals surface area contributed by atoms with Gasteiger partial charge in [-0.3, -0.25) is 4.79 Å². The Morgan fingerprint density at radius 2 is 1.81 bits per heavy atom. The fraction of sp³-hybridized carbons (Fsp3) is 0.273. The minimum absolute atomic E-state index is 0.164. The zero-order chi connectivity index (χ0) is 11.2. The van der Waals surface area contributed by atoms with Gasteiger partial charge in [0.15, 0.2) is 0 Å². The van der Waals surface area contributed by atoms with Gasteiger partial charge in [0.1, 0.15) is 5.54 Å². The maximum Gasteiger partial charge on any atom is 0.329 e. The number of hydrogen-bond acceptors (Lipinski definition) is 3. The predicted molar refractivity (Wildman–Crippen MR) is 58.1 cm³/mol. The lowest BCUT2D eigenvalue weighted by atomic mass is 9.92. The van der Waals surface area contributed by atoms with E-state index >= 15 is 0 Å². The van der Waals surface area contributed by atoms with Crippen LogP contribution in [0.2, 0.25) is 0 Å². The number of para-hydroxylation sites is 1. The highest BCUT2D eigenvalue weighted by Crippen LogP contribution is 2.26. The summed E-state index contributed by atoms with van der Waals surface area (Å²) in [5.41, 5.74) is -0.0822. The van der Waals surface area contributed by atoms with E-state index < -0.39 is 5.54 Å². The Bertz CT molecular complexity index is 454. The molecule has 5 nitrogen and oxygen atoms in total. The van der Waals surface area contributed by atoms with E-state index in [-0.39, 0.29) is 11.9 Å². The van der Waals surface area contributed by atoms with Gasteiger partial charge in [0.05, 0.1) is 5.69 Å². The fourth-order valence-corrected chi connectivity index (χ4v) is 2.05. The molecule has 0 radical (unpaired) electrons. The quantitative estimate of drug-likeness (QED) is 0.655. The molecule has 82 valence electrons. The van der Waals surface area contributed by atoms with Crippen molar-refractivity contribution in [1.29, 1.82) is 0 Å². The van der Waals surface area contributed by atoms with Gasteiger partial charge in [-0.15, -0.1) is 0 Å². The molecule has 2 heterocycles. The molecule has 0 unspecified atom stereocenters. The molecule has 0 saturated carbocycles. The van der Waals surface area contributed by atoms with Crippen molar-refractivity contribution >= 4 is 17.6 Å². The molecule has 2 fully saturated rings. The lowest BCUT2D eigenvalue weighted by Crippen LogP contribution is -2.69. The summed E-state index contributed by atoms with van der Waals surface area (Å²) in [6.07, 6.45) is 0. The molecule has 3 amide bonds. The van der Waals surface area contributed by atoms with Crippen LogP contribution in [0.3, 0.4) is 0 Å². The standard InChI is InChI=1S/C11H11N3O2/c15-9-11(6-12-7-11)13-10(16)14(9)8-4-2-1-3-5-8/h1-5,12H,6-7H2,(H,13,16). The van der Waals surface area contributed by atoms with E-state index in [9.17, 15) is 9.59 Å². The molecule has 0 aliphatic carbocycles. The fourth-order valence-electron chi connectivity index (χ4n) is 2.05. The van der Waals surface area contributed by atoms with Crippen LogP contribution in [0.1, 0.15) is 0 Å². The molecule has 1 aromatic carbocycles. The second kappa shape index (κ2) is 3.05. The van der Waals surface area contributed by atoms with Crippen LogP contribution < -0.4 is 15.5 Å². The molecule has 1 spiro atoms. The summed E-state index contributed by atoms with van der Waals surface area (Å²) in [6.45, 7) is 1.03. The molecular weight excluding hydrogens is 206 g/mol. The van der Waals surface area contributed by atoms with Crippen molar-refractivity contribution in [3.63, 3.8) is 0 Å². The van der Waals surface area contributed by atoms with Crippen LogP contribution in [0.5, 0.6) is 0 Å². The molecule has 0 aromatic heterocycles. The van der Waals surface area contributed by atoms with E-state index in [4.69, 9.17) is 0 Å². The summed E-state index contributed by atoms with van der Waals surface area (Å²) in [5, 5.41) is 5.74. The third-order valence-corrected chi connectivity index (χ3v) is 3.03. The summed E-state index contributed by atoms with van der Waals surface area (Å²) < 4.78 is 0. The minimum atomic E-state index is -0.701. The molecule has 1 aromatic rings. The van der Waals surface area contributed by atoms with Crippen LogP contribution in [-0.2, 0) is 4.79 Å². The number of carbonyl (C=O) groups is 2. The maximum atomic E-state index is 12.1. The molecule has 5 heteroatoms. The van der Waals surface area contributed by atoms with Crippen molar-refractivity contribution in [3.05, 3.63) is 30.3 Å². The summed E-state index contributed by atoms with van der Waals surface area (Å²) >= 11 is 0. The number of urea groups is 1. The average molecular weight is 217 g/mol. The Balaban J connectivity index is 1.97. The van der Waals surface area contributed by atoms with Gasteiger partial charge in [-0.1, -0.05) is 18.2 Å². The Hall–Kier alpha value is -1.88. The van der Waals surface area contributed by atoms with Crippen LogP contribution in [0, 0.1) is 0 Å². The third-order valence-electron chi connectivity index (χ3n) is 3.03. The molecule has 3 rings (SSSR count). The Labute approximate surface area is 92.4 Å². The SMILES string of the molecule is O=C1NC2(CNC2)C(=O)N1c1ccccc1. The Morgan fingerprint density at radius 3 is 2.31 bits per heavy atom. The van der Waals surface area contributed by atoms with Crippen molar-refractivity contribution in [2.45, 2.75) is 5.54 Å². The molecular formula is C11H11N3O2. The van der Waals surface area contributed by atoms with Gasteiger partial charge in [-0.05, 0) is 12.1 Å². The number of amides is 3. The van der Waals surface area contributed by atoms with E-state index in [1.165, 1.54) is 4.90 Å². The first-order chi connectivity index (χ1) is 7.73. The summed E-state index contributed by atoms with van der Waals surface area (Å²) in [6, 6.07) is 8.63. The van der Waals surface area contributed by atoms with Crippen LogP contribution in [0.4, 0.5) is 10.5 Å². The highest BCUT2D eigenvalue weighted by molar-refractivity contribution is 6.24. The first kappa shape index (κ1) is 9.35. The lowest BCUT2D eigenvalue weighted by molar-refractivity contribution is -0.123. The van der Waals surface area contributed by atoms with Crippen molar-refractivity contribution < 1.29 is 9.59 Å². The van der Waals surface area contributed by atoms with E-state index in [1.54, 1.807) is 24.3 Å². The topological polar surface area (TPSA) is 61.4 Å². The second-order valence-electron chi connectivity index (χ2n) is 4.09. The maximum absolute atomic E-state index is 12.1. The van der Waals surface area contributed by atoms with Gasteiger partial charge in [-0.25, -0.2) is 9.69 Å². The second-order valence-corrected chi connectivity index (χ2v) is 4.09. The Kier molecular flexibility index (Phi) is 1.79. The van der Waals surface area contributed by atoms with Gasteiger partial charge in [0.25, 0.3) is 5.91 Å². The first-order valence-electron chi connectivity index (χ1n) is 5.15. The number of nitrogens with one attached hydrogen (secondary N) is 2. The normalized spacial score (nSPS) is 22.1. The van der Waals surface area contributed by atoms with Crippen molar-refractivity contribution in [2.24, 2.45) is 0 Å². The first-order valence-corrected chi connectivity index (χ1v) is 5.15. The smallest absolute Gasteiger partial charge is 0.320 e. The number of hydrogen-bond donors (Lipinski definition) is 2. The van der Waals surface area contributed by atoms with E-state index in [2.05, 4.69) is 10.6 Å². The van der Waals surface area contributed by atoms with Gasteiger partial charge < -0.3 is 10.6 Å². The number of benzene rings is 1. The lowest BCUT2D eigenvalue weighted by Gasteiger charge is -2.35. The summed E-state index contributed by atoms with van der Waals surface area (Å²) in [7, 11) is 0. The van der Waals surface area contributed by atoms with Crippen LogP contribution in [-0.4, -0.2) is 30.6 Å². The van der Waals surface area contributed by atoms with Crippen LogP contribution in [0.15, 0.2) is 30.3 Å². The number of rotatable bonds is 1. The van der Waals surface area contributed by atoms with Gasteiger partial charge in [0.2, 0.25) is 0 Å². The molecule has 2 aliphatic rings. The Morgan fingerprint density at radius 1 is 1.12 bits per heavy atom. The molecule has 2 N–H and O–H groups in total. The van der Waals surface area contributed by atoms with E-state index in [1.807, 2.05) is 6.07 Å². The highest BCUT2D eigenvalue weighted by Gasteiger charge is 2.55. The third kappa shape index (κ3) is 1.09. The number of nitrogens with zero attached hydrogens (tertiary/aromatic N) is 1. The van der Waals surface area contributed by atoms with Crippen LogP contribution in [0.25, 0.3) is 0 Å². The molecule has 16 heavy (non-hydrogen) atoms. The number of carbonyl (C=O) groups excluding carboxylic acids is 2. The molecule has 0 bridgehead atoms. The molecule has 2 saturated heterocycles. The van der Waals surface area contributed by atoms with Crippen LogP contribution >= 0.6 is 0 Å². The molecule has 0 atom stereocenters. The van der Waals surface area contributed by atoms with Gasteiger partial charge >= 0.3 is 6.03 Å². The van der Waals surface area contributed by atoms with Crippen molar-refractivity contribution in [2.75, 3.05) is 18.0 Å². The minimum Gasteiger partial charge on any atom is -0.320 e.